The number of aromatic nitrogens is 1. The van der Waals surface area contributed by atoms with E-state index in [1.165, 1.54) is 5.56 Å². The van der Waals surface area contributed by atoms with E-state index in [0.29, 0.717) is 12.5 Å². The molecule has 1 aromatic heterocycles. The topological polar surface area (TPSA) is 45.7 Å². The van der Waals surface area contributed by atoms with Crippen LogP contribution in [0.2, 0.25) is 0 Å². The Kier molecular flexibility index (Phi) is 4.22. The van der Waals surface area contributed by atoms with Gasteiger partial charge in [0.1, 0.15) is 6.61 Å². The molecule has 0 aromatic carbocycles. The van der Waals surface area contributed by atoms with Crippen molar-refractivity contribution in [2.75, 3.05) is 33.4 Å². The molecule has 2 aliphatic rings. The van der Waals surface area contributed by atoms with Gasteiger partial charge in [0.15, 0.2) is 0 Å². The van der Waals surface area contributed by atoms with Crippen LogP contribution in [0, 0.1) is 12.8 Å². The van der Waals surface area contributed by atoms with Crippen LogP contribution in [0.1, 0.15) is 17.7 Å². The van der Waals surface area contributed by atoms with Gasteiger partial charge in [-0.3, -0.25) is 14.7 Å². The molecule has 3 heterocycles. The molecule has 0 N–H and O–H groups in total. The van der Waals surface area contributed by atoms with Gasteiger partial charge >= 0.3 is 0 Å². The fraction of sp³-hybridized carbons (Fsp3) is 0.625. The largest absolute Gasteiger partial charge is 0.371 e. The molecular formula is C16H23N3O2. The van der Waals surface area contributed by atoms with Gasteiger partial charge in [0.2, 0.25) is 5.91 Å². The van der Waals surface area contributed by atoms with Gasteiger partial charge in [-0.25, -0.2) is 0 Å². The monoisotopic (exact) mass is 289 g/mol. The van der Waals surface area contributed by atoms with Gasteiger partial charge in [-0.2, -0.15) is 0 Å². The number of rotatable bonds is 2. The maximum absolute atomic E-state index is 11.9. The molecule has 1 aromatic rings. The van der Waals surface area contributed by atoms with Gasteiger partial charge in [0.05, 0.1) is 6.61 Å². The Morgan fingerprint density at radius 3 is 3.05 bits per heavy atom. The van der Waals surface area contributed by atoms with Crippen molar-refractivity contribution >= 4 is 5.91 Å². The Bertz CT molecular complexity index is 503. The molecule has 0 unspecified atom stereocenters. The summed E-state index contributed by atoms with van der Waals surface area (Å²) in [5, 5.41) is 0. The lowest BCUT2D eigenvalue weighted by Crippen LogP contribution is -2.52. The van der Waals surface area contributed by atoms with Crippen molar-refractivity contribution in [3.05, 3.63) is 29.6 Å². The number of carbonyl (C=O) groups is 1. The molecule has 2 atom stereocenters. The fourth-order valence-electron chi connectivity index (χ4n) is 3.26. The van der Waals surface area contributed by atoms with Gasteiger partial charge in [-0.1, -0.05) is 6.07 Å². The van der Waals surface area contributed by atoms with E-state index in [-0.39, 0.29) is 18.6 Å². The van der Waals surface area contributed by atoms with E-state index in [1.54, 1.807) is 0 Å². The van der Waals surface area contributed by atoms with Crippen molar-refractivity contribution in [3.8, 4) is 0 Å². The molecule has 114 valence electrons. The van der Waals surface area contributed by atoms with E-state index in [0.717, 1.165) is 31.7 Å². The number of likely N-dealkylation sites (N-methyl/N-ethyl adjacent to an activating group) is 1. The standard InChI is InChI=1S/C16H23N3O2/c1-12-3-4-13(7-17-12)8-19-6-5-14-10-21-11-16(20)18(2)15(14)9-19/h3-4,7,14-15H,5-6,8-11H2,1-2H3/t14-,15-/m0/s1. The van der Waals surface area contributed by atoms with Crippen LogP contribution in [-0.2, 0) is 16.1 Å². The van der Waals surface area contributed by atoms with Crippen LogP contribution < -0.4 is 0 Å². The van der Waals surface area contributed by atoms with Crippen molar-refractivity contribution in [2.45, 2.75) is 25.9 Å². The van der Waals surface area contributed by atoms with E-state index in [9.17, 15) is 4.79 Å². The van der Waals surface area contributed by atoms with Crippen LogP contribution in [-0.4, -0.2) is 60.1 Å². The van der Waals surface area contributed by atoms with Crippen molar-refractivity contribution in [1.29, 1.82) is 0 Å². The van der Waals surface area contributed by atoms with Crippen LogP contribution in [0.25, 0.3) is 0 Å². The predicted octanol–water partition coefficient (Wildman–Crippen LogP) is 1.07. The summed E-state index contributed by atoms with van der Waals surface area (Å²) in [6.45, 7) is 5.82. The number of carbonyl (C=O) groups excluding carboxylic acids is 1. The normalized spacial score (nSPS) is 27.3. The summed E-state index contributed by atoms with van der Waals surface area (Å²) in [5.74, 6) is 0.565. The van der Waals surface area contributed by atoms with Gasteiger partial charge in [0.25, 0.3) is 0 Å². The predicted molar refractivity (Wildman–Crippen MR) is 79.7 cm³/mol. The first-order valence-corrected chi connectivity index (χ1v) is 7.61. The highest BCUT2D eigenvalue weighted by Gasteiger charge is 2.36. The minimum absolute atomic E-state index is 0.0985. The fourth-order valence-corrected chi connectivity index (χ4v) is 3.26. The van der Waals surface area contributed by atoms with Gasteiger partial charge in [-0.15, -0.1) is 0 Å². The molecule has 21 heavy (non-hydrogen) atoms. The van der Waals surface area contributed by atoms with E-state index < -0.39 is 0 Å². The lowest BCUT2D eigenvalue weighted by molar-refractivity contribution is -0.134. The first-order chi connectivity index (χ1) is 10.1. The molecule has 2 fully saturated rings. The van der Waals surface area contributed by atoms with Crippen LogP contribution in [0.3, 0.4) is 0 Å². The number of aryl methyl sites for hydroxylation is 1. The Labute approximate surface area is 125 Å². The maximum Gasteiger partial charge on any atom is 0.248 e. The second kappa shape index (κ2) is 6.12. The highest BCUT2D eigenvalue weighted by Crippen LogP contribution is 2.25. The van der Waals surface area contributed by atoms with Crippen molar-refractivity contribution in [2.24, 2.45) is 5.92 Å². The number of hydrogen-bond acceptors (Lipinski definition) is 4. The maximum atomic E-state index is 11.9. The Balaban J connectivity index is 1.67. The van der Waals surface area contributed by atoms with Gasteiger partial charge in [-0.05, 0) is 31.5 Å². The summed E-state index contributed by atoms with van der Waals surface area (Å²) in [6.07, 6.45) is 3.04. The van der Waals surface area contributed by atoms with Crippen LogP contribution in [0.15, 0.2) is 18.3 Å². The Hall–Kier alpha value is -1.46. The van der Waals surface area contributed by atoms with E-state index in [4.69, 9.17) is 4.74 Å². The van der Waals surface area contributed by atoms with Crippen LogP contribution >= 0.6 is 0 Å². The highest BCUT2D eigenvalue weighted by atomic mass is 16.5. The average Bonchev–Trinajstić information content (AvgIpc) is 2.62. The highest BCUT2D eigenvalue weighted by molar-refractivity contribution is 5.77. The minimum Gasteiger partial charge on any atom is -0.371 e. The number of ether oxygens (including phenoxy) is 1. The first-order valence-electron chi connectivity index (χ1n) is 7.61. The Morgan fingerprint density at radius 1 is 1.43 bits per heavy atom. The third-order valence-electron chi connectivity index (χ3n) is 4.63. The molecule has 0 spiro atoms. The smallest absolute Gasteiger partial charge is 0.248 e. The van der Waals surface area contributed by atoms with Crippen molar-refractivity contribution in [3.63, 3.8) is 0 Å². The van der Waals surface area contributed by atoms with E-state index in [1.807, 2.05) is 25.1 Å². The number of hydrogen-bond donors (Lipinski definition) is 0. The number of nitrogens with zero attached hydrogens (tertiary/aromatic N) is 3. The molecule has 5 heteroatoms. The zero-order valence-electron chi connectivity index (χ0n) is 12.8. The molecule has 0 radical (unpaired) electrons. The molecule has 2 aliphatic heterocycles. The van der Waals surface area contributed by atoms with Crippen molar-refractivity contribution in [1.82, 2.24) is 14.8 Å². The number of pyridine rings is 1. The number of amides is 1. The molecule has 0 bridgehead atoms. The number of likely N-dealkylation sites (tertiary alicyclic amines) is 1. The average molecular weight is 289 g/mol. The third kappa shape index (κ3) is 3.24. The summed E-state index contributed by atoms with van der Waals surface area (Å²) in [5.41, 5.74) is 2.28. The first kappa shape index (κ1) is 14.5. The summed E-state index contributed by atoms with van der Waals surface area (Å²) in [4.78, 5) is 20.6. The molecule has 2 saturated heterocycles. The molecule has 0 saturated carbocycles. The van der Waals surface area contributed by atoms with Crippen LogP contribution in [0.4, 0.5) is 0 Å². The zero-order chi connectivity index (χ0) is 14.8. The Morgan fingerprint density at radius 2 is 2.29 bits per heavy atom. The zero-order valence-corrected chi connectivity index (χ0v) is 12.8. The summed E-state index contributed by atoms with van der Waals surface area (Å²) < 4.78 is 5.49. The second-order valence-electron chi connectivity index (χ2n) is 6.18. The molecular weight excluding hydrogens is 266 g/mol. The molecule has 1 amide bonds. The van der Waals surface area contributed by atoms with Gasteiger partial charge < -0.3 is 9.64 Å². The molecule has 3 rings (SSSR count). The molecule has 5 nitrogen and oxygen atoms in total. The SMILES string of the molecule is Cc1ccc(CN2CC[C@H]3COCC(=O)N(C)[C@H]3C2)cn1. The summed E-state index contributed by atoms with van der Waals surface area (Å²) in [7, 11) is 1.91. The summed E-state index contributed by atoms with van der Waals surface area (Å²) in [6, 6.07) is 4.46. The van der Waals surface area contributed by atoms with Crippen LogP contribution in [0.5, 0.6) is 0 Å². The number of piperidine rings is 1. The number of fused-ring (bicyclic) bond motifs is 1. The quantitative estimate of drug-likeness (QED) is 0.817. The van der Waals surface area contributed by atoms with E-state index >= 15 is 0 Å². The third-order valence-corrected chi connectivity index (χ3v) is 4.63. The lowest BCUT2D eigenvalue weighted by atomic mass is 9.91. The van der Waals surface area contributed by atoms with E-state index in [2.05, 4.69) is 22.0 Å². The molecule has 0 aliphatic carbocycles. The second-order valence-corrected chi connectivity index (χ2v) is 6.18. The lowest BCUT2D eigenvalue weighted by Gasteiger charge is -2.41. The van der Waals surface area contributed by atoms with Crippen molar-refractivity contribution < 1.29 is 9.53 Å². The summed E-state index contributed by atoms with van der Waals surface area (Å²) >= 11 is 0. The minimum atomic E-state index is 0.0985. The van der Waals surface area contributed by atoms with Gasteiger partial charge in [0, 0.05) is 44.0 Å².